The maximum atomic E-state index is 11.8. The zero-order valence-corrected chi connectivity index (χ0v) is 9.23. The first-order valence-corrected chi connectivity index (χ1v) is 5.82. The first kappa shape index (κ1) is 9.37. The van der Waals surface area contributed by atoms with Crippen LogP contribution in [0.25, 0.3) is 17.8 Å². The number of rotatable bonds is 0. The summed E-state index contributed by atoms with van der Waals surface area (Å²) in [7, 11) is 0. The molecule has 78 valence electrons. The summed E-state index contributed by atoms with van der Waals surface area (Å²) >= 11 is 1.54. The van der Waals surface area contributed by atoms with Gasteiger partial charge in [-0.15, -0.1) is 11.3 Å². The Bertz CT molecular complexity index is 673. The molecule has 0 saturated heterocycles. The van der Waals surface area contributed by atoms with E-state index in [4.69, 9.17) is 5.26 Å². The molecule has 0 unspecified atom stereocenters. The fourth-order valence-electron chi connectivity index (χ4n) is 2.03. The lowest BCUT2D eigenvalue weighted by Gasteiger charge is -2.05. The van der Waals surface area contributed by atoms with Gasteiger partial charge in [0.1, 0.15) is 0 Å². The minimum Gasteiger partial charge on any atom is -0.385 e. The summed E-state index contributed by atoms with van der Waals surface area (Å²) in [5.41, 5.74) is 1.50. The first-order valence-electron chi connectivity index (χ1n) is 5.00. The van der Waals surface area contributed by atoms with Gasteiger partial charge in [0.25, 0.3) is 0 Å². The number of allylic oxidation sites excluding steroid dienone is 1. The number of fused-ring (bicyclic) bond motifs is 3. The average Bonchev–Trinajstić information content (AvgIpc) is 2.68. The zero-order valence-electron chi connectivity index (χ0n) is 8.41. The molecule has 0 fully saturated rings. The van der Waals surface area contributed by atoms with Crippen LogP contribution in [0, 0.1) is 11.3 Å². The molecule has 3 nitrogen and oxygen atoms in total. The zero-order chi connectivity index (χ0) is 11.1. The molecule has 16 heavy (non-hydrogen) atoms. The van der Waals surface area contributed by atoms with Gasteiger partial charge in [-0.05, 0) is 6.08 Å². The molecule has 1 aromatic rings. The number of nitrogens with one attached hydrogen (secondary N) is 1. The summed E-state index contributed by atoms with van der Waals surface area (Å²) in [4.78, 5) is 12.8. The number of carbonyl (C=O) groups excluding carboxylic acids is 1. The quantitative estimate of drug-likeness (QED) is 0.697. The van der Waals surface area contributed by atoms with E-state index in [1.165, 1.54) is 11.3 Å². The Morgan fingerprint density at radius 3 is 3.19 bits per heavy atom. The maximum absolute atomic E-state index is 11.8. The molecule has 0 spiro atoms. The molecule has 0 aromatic carbocycles. The van der Waals surface area contributed by atoms with Crippen molar-refractivity contribution in [3.8, 4) is 6.07 Å². The van der Waals surface area contributed by atoms with Gasteiger partial charge in [-0.1, -0.05) is 6.08 Å². The van der Waals surface area contributed by atoms with Crippen molar-refractivity contribution in [2.45, 2.75) is 6.42 Å². The molecule has 0 saturated carbocycles. The van der Waals surface area contributed by atoms with E-state index in [0.717, 1.165) is 25.8 Å². The van der Waals surface area contributed by atoms with E-state index in [0.29, 0.717) is 13.0 Å². The summed E-state index contributed by atoms with van der Waals surface area (Å²) < 4.78 is 0.950. The van der Waals surface area contributed by atoms with Gasteiger partial charge in [0, 0.05) is 28.3 Å². The van der Waals surface area contributed by atoms with Gasteiger partial charge in [-0.25, -0.2) is 0 Å². The second kappa shape index (κ2) is 3.32. The highest BCUT2D eigenvalue weighted by Crippen LogP contribution is 2.19. The normalized spacial score (nSPS) is 16.9. The second-order valence-corrected chi connectivity index (χ2v) is 4.78. The molecule has 1 aromatic heterocycles. The smallest absolute Gasteiger partial charge is 0.168 e. The summed E-state index contributed by atoms with van der Waals surface area (Å²) in [5, 5.41) is 13.0. The largest absolute Gasteiger partial charge is 0.385 e. The molecule has 4 heteroatoms. The van der Waals surface area contributed by atoms with Gasteiger partial charge in [0.2, 0.25) is 0 Å². The first-order chi connectivity index (χ1) is 7.81. The summed E-state index contributed by atoms with van der Waals surface area (Å²) in [6.45, 7) is 0.556. The fourth-order valence-corrected chi connectivity index (χ4v) is 3.25. The Morgan fingerprint density at radius 1 is 1.50 bits per heavy atom. The van der Waals surface area contributed by atoms with E-state index in [9.17, 15) is 4.79 Å². The lowest BCUT2D eigenvalue weighted by Crippen LogP contribution is -2.35. The fraction of sp³-hybridized carbons (Fsp3) is 0.167. The average molecular weight is 228 g/mol. The predicted octanol–water partition coefficient (Wildman–Crippen LogP) is 0.363. The molecule has 1 aliphatic carbocycles. The topological polar surface area (TPSA) is 52.9 Å². The summed E-state index contributed by atoms with van der Waals surface area (Å²) in [6.07, 6.45) is 6.17. The number of hydrogen-bond acceptors (Lipinski definition) is 4. The maximum Gasteiger partial charge on any atom is 0.168 e. The summed E-state index contributed by atoms with van der Waals surface area (Å²) in [5.74, 6) is 0.146. The lowest BCUT2D eigenvalue weighted by atomic mass is 10.0. The van der Waals surface area contributed by atoms with E-state index < -0.39 is 0 Å². The number of carbonyl (C=O) groups is 1. The Labute approximate surface area is 96.0 Å². The van der Waals surface area contributed by atoms with E-state index >= 15 is 0 Å². The molecule has 0 amide bonds. The third-order valence-electron chi connectivity index (χ3n) is 2.76. The van der Waals surface area contributed by atoms with Crippen molar-refractivity contribution in [3.05, 3.63) is 26.3 Å². The number of nitriles is 1. The van der Waals surface area contributed by atoms with E-state index in [2.05, 4.69) is 11.4 Å². The monoisotopic (exact) mass is 228 g/mol. The SMILES string of the molecule is N#CC1=c2sc3c(c2=CNC1)C(=O)CC=C3. The Balaban J connectivity index is 2.48. The van der Waals surface area contributed by atoms with E-state index in [1.54, 1.807) is 0 Å². The molecular formula is C12H8N2OS. The summed E-state index contributed by atoms with van der Waals surface area (Å²) in [6, 6.07) is 2.19. The van der Waals surface area contributed by atoms with Gasteiger partial charge >= 0.3 is 0 Å². The van der Waals surface area contributed by atoms with Crippen LogP contribution in [-0.4, -0.2) is 12.3 Å². The minimum absolute atomic E-state index is 0.146. The van der Waals surface area contributed by atoms with Crippen molar-refractivity contribution in [2.24, 2.45) is 0 Å². The van der Waals surface area contributed by atoms with Gasteiger partial charge in [-0.2, -0.15) is 5.26 Å². The molecule has 2 heterocycles. The van der Waals surface area contributed by atoms with Gasteiger partial charge in [0.05, 0.1) is 22.7 Å². The Morgan fingerprint density at radius 2 is 2.38 bits per heavy atom. The standard InChI is InChI=1S/C12H8N2OS/c13-4-7-5-14-6-8-11-9(15)2-1-3-10(11)16-12(7)8/h1,3,6,14H,2,5H2. The van der Waals surface area contributed by atoms with Crippen LogP contribution >= 0.6 is 11.3 Å². The number of nitrogens with zero attached hydrogens (tertiary/aromatic N) is 1. The van der Waals surface area contributed by atoms with Crippen LogP contribution in [0.15, 0.2) is 6.08 Å². The number of hydrogen-bond donors (Lipinski definition) is 1. The number of Topliss-reactive ketones (excluding diaryl/α,β-unsaturated/α-hetero) is 1. The molecule has 3 rings (SSSR count). The third kappa shape index (κ3) is 1.15. The van der Waals surface area contributed by atoms with Crippen LogP contribution in [0.3, 0.4) is 0 Å². The van der Waals surface area contributed by atoms with Gasteiger partial charge in [0.15, 0.2) is 5.78 Å². The Kier molecular flexibility index (Phi) is 1.95. The van der Waals surface area contributed by atoms with Crippen LogP contribution in [-0.2, 0) is 0 Å². The van der Waals surface area contributed by atoms with Crippen LogP contribution in [0.1, 0.15) is 21.7 Å². The van der Waals surface area contributed by atoms with E-state index in [1.807, 2.05) is 18.4 Å². The van der Waals surface area contributed by atoms with E-state index in [-0.39, 0.29) is 5.78 Å². The second-order valence-electron chi connectivity index (χ2n) is 3.73. The number of thiophene rings is 1. The van der Waals surface area contributed by atoms with Gasteiger partial charge in [-0.3, -0.25) is 4.79 Å². The van der Waals surface area contributed by atoms with Crippen LogP contribution in [0.2, 0.25) is 0 Å². The van der Waals surface area contributed by atoms with Gasteiger partial charge < -0.3 is 5.32 Å². The van der Waals surface area contributed by atoms with Crippen molar-refractivity contribution < 1.29 is 4.79 Å². The minimum atomic E-state index is 0.146. The highest BCUT2D eigenvalue weighted by atomic mass is 32.1. The third-order valence-corrected chi connectivity index (χ3v) is 3.99. The van der Waals surface area contributed by atoms with Crippen molar-refractivity contribution in [1.82, 2.24) is 5.32 Å². The Hall–Kier alpha value is -1.86. The lowest BCUT2D eigenvalue weighted by molar-refractivity contribution is 0.0994. The molecular weight excluding hydrogens is 220 g/mol. The molecule has 0 bridgehead atoms. The molecule has 1 N–H and O–H groups in total. The van der Waals surface area contributed by atoms with Crippen molar-refractivity contribution in [3.63, 3.8) is 0 Å². The van der Waals surface area contributed by atoms with Crippen molar-refractivity contribution in [2.75, 3.05) is 6.54 Å². The van der Waals surface area contributed by atoms with Crippen LogP contribution in [0.4, 0.5) is 0 Å². The highest BCUT2D eigenvalue weighted by molar-refractivity contribution is 7.11. The van der Waals surface area contributed by atoms with Crippen molar-refractivity contribution >= 4 is 35.0 Å². The molecule has 2 aliphatic rings. The molecule has 0 atom stereocenters. The van der Waals surface area contributed by atoms with Crippen molar-refractivity contribution in [1.29, 1.82) is 5.26 Å². The highest BCUT2D eigenvalue weighted by Gasteiger charge is 2.20. The number of ketones is 1. The predicted molar refractivity (Wildman–Crippen MR) is 63.0 cm³/mol. The van der Waals surface area contributed by atoms with Crippen LogP contribution < -0.4 is 15.1 Å². The molecule has 0 radical (unpaired) electrons. The van der Waals surface area contributed by atoms with Crippen LogP contribution in [0.5, 0.6) is 0 Å². The molecule has 1 aliphatic heterocycles.